The molecular formula is C25H25Cl2N3O. The first-order valence-electron chi connectivity index (χ1n) is 10.6. The molecule has 1 aliphatic rings. The van der Waals surface area contributed by atoms with E-state index in [1.807, 2.05) is 47.4 Å². The van der Waals surface area contributed by atoms with Crippen molar-refractivity contribution in [1.82, 2.24) is 9.88 Å². The largest absolute Gasteiger partial charge is 0.371 e. The number of carbonyl (C=O) groups is 1. The third-order valence-corrected chi connectivity index (χ3v) is 5.95. The lowest BCUT2D eigenvalue weighted by atomic mass is 10.1. The van der Waals surface area contributed by atoms with Gasteiger partial charge in [-0.25, -0.2) is 0 Å². The summed E-state index contributed by atoms with van der Waals surface area (Å²) in [4.78, 5) is 22.2. The van der Waals surface area contributed by atoms with Crippen LogP contribution in [-0.4, -0.2) is 28.9 Å². The van der Waals surface area contributed by atoms with Crippen molar-refractivity contribution in [2.75, 3.05) is 18.0 Å². The molecule has 0 saturated carbocycles. The van der Waals surface area contributed by atoms with Crippen LogP contribution in [0.2, 0.25) is 10.0 Å². The number of benzene rings is 2. The van der Waals surface area contributed by atoms with Crippen LogP contribution in [0.15, 0.2) is 67.0 Å². The van der Waals surface area contributed by atoms with E-state index in [1.165, 1.54) is 6.42 Å². The number of anilines is 1. The highest BCUT2D eigenvalue weighted by molar-refractivity contribution is 6.34. The molecule has 2 aromatic carbocycles. The van der Waals surface area contributed by atoms with Gasteiger partial charge < -0.3 is 9.80 Å². The van der Waals surface area contributed by atoms with Crippen molar-refractivity contribution < 1.29 is 4.79 Å². The van der Waals surface area contributed by atoms with Gasteiger partial charge in [-0.1, -0.05) is 41.4 Å². The number of rotatable bonds is 6. The molecule has 160 valence electrons. The van der Waals surface area contributed by atoms with Crippen molar-refractivity contribution >= 4 is 34.8 Å². The monoisotopic (exact) mass is 453 g/mol. The minimum Gasteiger partial charge on any atom is -0.371 e. The standard InChI is InChI=1S/C25H25Cl2N3O/c26-21-13-20(14-22(27)15-21)18-30(17-19-7-6-10-28-16-19)25(31)23-8-2-3-9-24(23)29-11-4-1-5-12-29/h2-3,6-10,13-16H,1,4-5,11-12,17-18H2. The van der Waals surface area contributed by atoms with Gasteiger partial charge in [0.25, 0.3) is 5.91 Å². The van der Waals surface area contributed by atoms with Crippen LogP contribution in [-0.2, 0) is 13.1 Å². The van der Waals surface area contributed by atoms with E-state index in [2.05, 4.69) is 16.0 Å². The van der Waals surface area contributed by atoms with E-state index >= 15 is 0 Å². The molecule has 31 heavy (non-hydrogen) atoms. The minimum atomic E-state index is -0.0128. The van der Waals surface area contributed by atoms with Crippen molar-refractivity contribution in [1.29, 1.82) is 0 Å². The molecule has 0 N–H and O–H groups in total. The lowest BCUT2D eigenvalue weighted by Gasteiger charge is -2.32. The van der Waals surface area contributed by atoms with Crippen LogP contribution in [0.25, 0.3) is 0 Å². The summed E-state index contributed by atoms with van der Waals surface area (Å²) in [6, 6.07) is 17.2. The molecule has 0 radical (unpaired) electrons. The second kappa shape index (κ2) is 10.2. The Morgan fingerprint density at radius 2 is 1.61 bits per heavy atom. The van der Waals surface area contributed by atoms with Crippen molar-refractivity contribution in [2.45, 2.75) is 32.4 Å². The summed E-state index contributed by atoms with van der Waals surface area (Å²) in [5.41, 5.74) is 3.60. The Kier molecular flexibility index (Phi) is 7.10. The van der Waals surface area contributed by atoms with Gasteiger partial charge in [0.1, 0.15) is 0 Å². The number of aromatic nitrogens is 1. The summed E-state index contributed by atoms with van der Waals surface area (Å²) in [6.07, 6.45) is 7.08. The number of halogens is 2. The Morgan fingerprint density at radius 3 is 2.32 bits per heavy atom. The maximum atomic E-state index is 13.8. The molecule has 0 atom stereocenters. The van der Waals surface area contributed by atoms with Crippen molar-refractivity contribution in [3.63, 3.8) is 0 Å². The number of amides is 1. The van der Waals surface area contributed by atoms with Crippen molar-refractivity contribution in [3.8, 4) is 0 Å². The lowest BCUT2D eigenvalue weighted by Crippen LogP contribution is -2.34. The molecule has 1 aliphatic heterocycles. The fourth-order valence-corrected chi connectivity index (χ4v) is 4.64. The molecule has 4 nitrogen and oxygen atoms in total. The smallest absolute Gasteiger partial charge is 0.256 e. The summed E-state index contributed by atoms with van der Waals surface area (Å²) >= 11 is 12.4. The molecule has 0 aliphatic carbocycles. The van der Waals surface area contributed by atoms with E-state index in [-0.39, 0.29) is 5.91 Å². The van der Waals surface area contributed by atoms with Crippen LogP contribution in [0.4, 0.5) is 5.69 Å². The van der Waals surface area contributed by atoms with E-state index < -0.39 is 0 Å². The van der Waals surface area contributed by atoms with Crippen LogP contribution < -0.4 is 4.90 Å². The Bertz CT molecular complexity index is 1020. The topological polar surface area (TPSA) is 36.4 Å². The SMILES string of the molecule is O=C(c1ccccc1N1CCCCC1)N(Cc1cccnc1)Cc1cc(Cl)cc(Cl)c1. The van der Waals surface area contributed by atoms with Gasteiger partial charge in [-0.15, -0.1) is 0 Å². The minimum absolute atomic E-state index is 0.0128. The number of hydrogen-bond donors (Lipinski definition) is 0. The first kappa shape index (κ1) is 21.7. The molecular weight excluding hydrogens is 429 g/mol. The van der Waals surface area contributed by atoms with Gasteiger partial charge in [-0.3, -0.25) is 9.78 Å². The Hall–Kier alpha value is -2.56. The molecule has 1 amide bonds. The quantitative estimate of drug-likeness (QED) is 0.444. The fourth-order valence-electron chi connectivity index (χ4n) is 4.07. The normalized spacial score (nSPS) is 13.8. The van der Waals surface area contributed by atoms with Crippen molar-refractivity contribution in [2.24, 2.45) is 0 Å². The Labute approximate surface area is 193 Å². The molecule has 1 saturated heterocycles. The highest BCUT2D eigenvalue weighted by atomic mass is 35.5. The molecule has 0 bridgehead atoms. The molecule has 4 rings (SSSR count). The predicted octanol–water partition coefficient (Wildman–Crippen LogP) is 6.22. The predicted molar refractivity (Wildman–Crippen MR) is 127 cm³/mol. The molecule has 1 fully saturated rings. The first-order valence-corrected chi connectivity index (χ1v) is 11.3. The third kappa shape index (κ3) is 5.57. The molecule has 0 unspecified atom stereocenters. The zero-order valence-corrected chi connectivity index (χ0v) is 18.8. The van der Waals surface area contributed by atoms with Crippen molar-refractivity contribution in [3.05, 3.63) is 93.7 Å². The van der Waals surface area contributed by atoms with Gasteiger partial charge in [-0.05, 0) is 66.8 Å². The summed E-state index contributed by atoms with van der Waals surface area (Å²) < 4.78 is 0. The summed E-state index contributed by atoms with van der Waals surface area (Å²) in [5, 5.41) is 1.12. The number of pyridine rings is 1. The molecule has 0 spiro atoms. The van der Waals surface area contributed by atoms with Gasteiger partial charge in [0.05, 0.1) is 5.56 Å². The Balaban J connectivity index is 1.67. The van der Waals surface area contributed by atoms with Crippen LogP contribution in [0.1, 0.15) is 40.7 Å². The maximum absolute atomic E-state index is 13.8. The average Bonchev–Trinajstić information content (AvgIpc) is 2.79. The first-order chi connectivity index (χ1) is 15.1. The maximum Gasteiger partial charge on any atom is 0.256 e. The highest BCUT2D eigenvalue weighted by Gasteiger charge is 2.23. The lowest BCUT2D eigenvalue weighted by molar-refractivity contribution is 0.0730. The second-order valence-electron chi connectivity index (χ2n) is 7.87. The van der Waals surface area contributed by atoms with E-state index in [1.54, 1.807) is 18.5 Å². The number of carbonyl (C=O) groups excluding carboxylic acids is 1. The van der Waals surface area contributed by atoms with Gasteiger partial charge >= 0.3 is 0 Å². The number of piperidine rings is 1. The molecule has 1 aromatic heterocycles. The molecule has 6 heteroatoms. The van der Waals surface area contributed by atoms with Crippen LogP contribution in [0.5, 0.6) is 0 Å². The fraction of sp³-hybridized carbons (Fsp3) is 0.280. The Morgan fingerprint density at radius 1 is 0.903 bits per heavy atom. The van der Waals surface area contributed by atoms with Crippen LogP contribution in [0.3, 0.4) is 0 Å². The van der Waals surface area contributed by atoms with E-state index in [9.17, 15) is 4.79 Å². The van der Waals surface area contributed by atoms with Crippen LogP contribution in [0, 0.1) is 0 Å². The van der Waals surface area contributed by atoms with Crippen LogP contribution >= 0.6 is 23.2 Å². The summed E-state index contributed by atoms with van der Waals surface area (Å²) in [5.74, 6) is -0.0128. The van der Waals surface area contributed by atoms with E-state index in [4.69, 9.17) is 23.2 Å². The van der Waals surface area contributed by atoms with Gasteiger partial charge in [0, 0.05) is 54.3 Å². The van der Waals surface area contributed by atoms with E-state index in [0.717, 1.165) is 48.3 Å². The highest BCUT2D eigenvalue weighted by Crippen LogP contribution is 2.27. The second-order valence-corrected chi connectivity index (χ2v) is 8.74. The number of hydrogen-bond acceptors (Lipinski definition) is 3. The van der Waals surface area contributed by atoms with Gasteiger partial charge in [-0.2, -0.15) is 0 Å². The third-order valence-electron chi connectivity index (χ3n) is 5.51. The molecule has 3 aromatic rings. The average molecular weight is 454 g/mol. The molecule has 2 heterocycles. The van der Waals surface area contributed by atoms with Gasteiger partial charge in [0.15, 0.2) is 0 Å². The summed E-state index contributed by atoms with van der Waals surface area (Å²) in [6.45, 7) is 2.82. The van der Waals surface area contributed by atoms with E-state index in [0.29, 0.717) is 23.1 Å². The van der Waals surface area contributed by atoms with Gasteiger partial charge in [0.2, 0.25) is 0 Å². The zero-order valence-electron chi connectivity index (χ0n) is 17.3. The number of nitrogens with zero attached hydrogens (tertiary/aromatic N) is 3. The number of para-hydroxylation sites is 1. The zero-order chi connectivity index (χ0) is 21.6. The summed E-state index contributed by atoms with van der Waals surface area (Å²) in [7, 11) is 0.